The van der Waals surface area contributed by atoms with Crippen molar-refractivity contribution in [1.29, 1.82) is 0 Å². The van der Waals surface area contributed by atoms with Crippen molar-refractivity contribution in [1.82, 2.24) is 9.71 Å². The zero-order valence-electron chi connectivity index (χ0n) is 20.5. The molecule has 2 atom stereocenters. The van der Waals surface area contributed by atoms with Crippen molar-refractivity contribution in [2.24, 2.45) is 5.41 Å². The Kier molecular flexibility index (Phi) is 7.69. The smallest absolute Gasteiger partial charge is 0.0798 e. The van der Waals surface area contributed by atoms with Gasteiger partial charge in [0, 0.05) is 38.7 Å². The first-order chi connectivity index (χ1) is 17.0. The second-order valence-electron chi connectivity index (χ2n) is 10.2. The van der Waals surface area contributed by atoms with Crippen molar-refractivity contribution in [3.8, 4) is 22.4 Å². The van der Waals surface area contributed by atoms with E-state index in [1.807, 2.05) is 30.3 Å². The molecule has 35 heavy (non-hydrogen) atoms. The van der Waals surface area contributed by atoms with Crippen LogP contribution in [0, 0.1) is 5.41 Å². The summed E-state index contributed by atoms with van der Waals surface area (Å²) < 4.78 is 3.94. The third kappa shape index (κ3) is 5.39. The lowest BCUT2D eigenvalue weighted by molar-refractivity contribution is 0.141. The minimum absolute atomic E-state index is 0.0615. The SMILES string of the molecule is C=S(CCC)NC1CC2(CCCCC2)Cc2nc(-c3ccccc3Cl)c(-c3ccc(Cl)cc3)cc21. The van der Waals surface area contributed by atoms with Gasteiger partial charge in [0.2, 0.25) is 0 Å². The molecule has 2 nitrogen and oxygen atoms in total. The number of nitrogens with one attached hydrogen (secondary N) is 1. The maximum atomic E-state index is 6.72. The van der Waals surface area contributed by atoms with Gasteiger partial charge in [0.15, 0.2) is 0 Å². The van der Waals surface area contributed by atoms with E-state index in [0.717, 1.165) is 51.0 Å². The molecular formula is C30H34Cl2N2S. The highest BCUT2D eigenvalue weighted by Crippen LogP contribution is 2.51. The Morgan fingerprint density at radius 3 is 2.49 bits per heavy atom. The van der Waals surface area contributed by atoms with Crippen molar-refractivity contribution < 1.29 is 0 Å². The molecule has 1 saturated carbocycles. The monoisotopic (exact) mass is 524 g/mol. The summed E-state index contributed by atoms with van der Waals surface area (Å²) in [5.74, 6) is 5.56. The topological polar surface area (TPSA) is 24.9 Å². The Hall–Kier alpha value is -1.65. The second-order valence-corrected chi connectivity index (χ2v) is 12.7. The van der Waals surface area contributed by atoms with Crippen LogP contribution in [0.15, 0.2) is 54.6 Å². The molecule has 1 aromatic heterocycles. The molecule has 0 radical (unpaired) electrons. The van der Waals surface area contributed by atoms with Gasteiger partial charge in [-0.05, 0) is 72.9 Å². The van der Waals surface area contributed by atoms with Crippen LogP contribution >= 0.6 is 33.9 Å². The molecule has 1 heterocycles. The van der Waals surface area contributed by atoms with E-state index in [0.29, 0.717) is 5.41 Å². The van der Waals surface area contributed by atoms with Crippen molar-refractivity contribution in [3.63, 3.8) is 0 Å². The van der Waals surface area contributed by atoms with Gasteiger partial charge in [-0.15, -0.1) is 10.7 Å². The first-order valence-electron chi connectivity index (χ1n) is 12.8. The standard InChI is InChI=1S/C30H34Cl2N2S/c1-3-17-35(2)34-28-20-30(15-7-4-8-16-30)19-27-25(28)18-24(21-11-13-22(31)14-12-21)29(33-27)23-9-5-6-10-26(23)32/h5-6,9-14,18,28,34H,2-4,7-8,15-17,19-20H2,1H3. The van der Waals surface area contributed by atoms with Gasteiger partial charge in [0.1, 0.15) is 0 Å². The first kappa shape index (κ1) is 25.0. The molecule has 5 heteroatoms. The minimum atomic E-state index is -0.0615. The number of nitrogens with zero attached hydrogens (tertiary/aromatic N) is 1. The number of halogens is 2. The molecule has 2 aliphatic rings. The normalized spacial score (nSPS) is 19.9. The summed E-state index contributed by atoms with van der Waals surface area (Å²) in [4.78, 5) is 5.42. The zero-order chi connectivity index (χ0) is 24.4. The number of rotatable bonds is 6. The van der Waals surface area contributed by atoms with Gasteiger partial charge in [-0.2, -0.15) is 0 Å². The lowest BCUT2D eigenvalue weighted by atomic mass is 9.63. The largest absolute Gasteiger partial charge is 0.262 e. The van der Waals surface area contributed by atoms with Crippen molar-refractivity contribution in [2.75, 3.05) is 5.75 Å². The van der Waals surface area contributed by atoms with Gasteiger partial charge < -0.3 is 0 Å². The van der Waals surface area contributed by atoms with Crippen LogP contribution in [0.4, 0.5) is 0 Å². The van der Waals surface area contributed by atoms with E-state index >= 15 is 0 Å². The zero-order valence-corrected chi connectivity index (χ0v) is 22.8. The molecule has 1 spiro atoms. The van der Waals surface area contributed by atoms with Gasteiger partial charge in [-0.1, -0.05) is 85.6 Å². The summed E-state index contributed by atoms with van der Waals surface area (Å²) in [6.07, 6.45) is 9.98. The maximum absolute atomic E-state index is 6.72. The first-order valence-corrected chi connectivity index (χ1v) is 15.1. The number of fused-ring (bicyclic) bond motifs is 1. The summed E-state index contributed by atoms with van der Waals surface area (Å²) in [5.41, 5.74) is 7.07. The van der Waals surface area contributed by atoms with Crippen molar-refractivity contribution in [2.45, 2.75) is 64.3 Å². The summed E-state index contributed by atoms with van der Waals surface area (Å²) in [6.45, 7) is 2.24. The quantitative estimate of drug-likeness (QED) is 0.325. The van der Waals surface area contributed by atoms with Crippen LogP contribution < -0.4 is 4.72 Å². The summed E-state index contributed by atoms with van der Waals surface area (Å²) in [5, 5.41) is 1.47. The van der Waals surface area contributed by atoms with Gasteiger partial charge in [-0.25, -0.2) is 0 Å². The highest BCUT2D eigenvalue weighted by atomic mass is 35.5. The fourth-order valence-electron chi connectivity index (χ4n) is 5.98. The number of benzene rings is 2. The highest BCUT2D eigenvalue weighted by Gasteiger charge is 2.41. The van der Waals surface area contributed by atoms with Gasteiger partial charge >= 0.3 is 0 Å². The van der Waals surface area contributed by atoms with Crippen LogP contribution in [0.1, 0.15) is 69.2 Å². The van der Waals surface area contributed by atoms with Crippen LogP contribution in [0.5, 0.6) is 0 Å². The molecule has 2 unspecified atom stereocenters. The van der Waals surface area contributed by atoms with E-state index < -0.39 is 0 Å². The molecule has 2 aromatic carbocycles. The fraction of sp³-hybridized carbons (Fsp3) is 0.400. The predicted octanol–water partition coefficient (Wildman–Crippen LogP) is 9.28. The molecule has 0 saturated heterocycles. The van der Waals surface area contributed by atoms with Crippen LogP contribution in [0.2, 0.25) is 10.0 Å². The van der Waals surface area contributed by atoms with E-state index in [9.17, 15) is 0 Å². The third-order valence-corrected chi connectivity index (χ3v) is 9.75. The molecule has 0 bridgehead atoms. The van der Waals surface area contributed by atoms with E-state index in [2.05, 4.69) is 41.8 Å². The number of hydrogen-bond donors (Lipinski definition) is 1. The highest BCUT2D eigenvalue weighted by molar-refractivity contribution is 8.12. The van der Waals surface area contributed by atoms with Crippen LogP contribution in [-0.2, 0) is 6.42 Å². The minimum Gasteiger partial charge on any atom is -0.262 e. The average molecular weight is 526 g/mol. The van der Waals surface area contributed by atoms with Gasteiger partial charge in [0.25, 0.3) is 0 Å². The van der Waals surface area contributed by atoms with Gasteiger partial charge in [0.05, 0.1) is 5.69 Å². The second kappa shape index (κ2) is 10.8. The molecule has 0 aliphatic heterocycles. The van der Waals surface area contributed by atoms with E-state index in [4.69, 9.17) is 28.2 Å². The Morgan fingerprint density at radius 2 is 1.77 bits per heavy atom. The molecule has 0 amide bonds. The van der Waals surface area contributed by atoms with E-state index in [1.165, 1.54) is 49.8 Å². The Morgan fingerprint density at radius 1 is 1.03 bits per heavy atom. The maximum Gasteiger partial charge on any atom is 0.0798 e. The molecule has 2 aliphatic carbocycles. The van der Waals surface area contributed by atoms with Crippen molar-refractivity contribution >= 4 is 39.7 Å². The van der Waals surface area contributed by atoms with Crippen LogP contribution in [-0.4, -0.2) is 16.6 Å². The molecule has 1 N–H and O–H groups in total. The fourth-order valence-corrected chi connectivity index (χ4v) is 7.56. The Balaban J connectivity index is 1.68. The summed E-state index contributed by atoms with van der Waals surface area (Å²) in [7, 11) is -0.0615. The van der Waals surface area contributed by atoms with E-state index in [-0.39, 0.29) is 16.7 Å². The third-order valence-electron chi connectivity index (χ3n) is 7.65. The Labute approximate surface area is 222 Å². The number of hydrogen-bond acceptors (Lipinski definition) is 2. The van der Waals surface area contributed by atoms with Gasteiger partial charge in [-0.3, -0.25) is 9.71 Å². The molecular weight excluding hydrogens is 491 g/mol. The molecule has 184 valence electrons. The van der Waals surface area contributed by atoms with Crippen LogP contribution in [0.3, 0.4) is 0 Å². The van der Waals surface area contributed by atoms with Crippen molar-refractivity contribution in [3.05, 3.63) is 75.9 Å². The lowest BCUT2D eigenvalue weighted by Gasteiger charge is -2.45. The lowest BCUT2D eigenvalue weighted by Crippen LogP contribution is -2.37. The van der Waals surface area contributed by atoms with E-state index in [1.54, 1.807) is 0 Å². The van der Waals surface area contributed by atoms with Crippen LogP contribution in [0.25, 0.3) is 22.4 Å². The Bertz CT molecular complexity index is 1220. The predicted molar refractivity (Wildman–Crippen MR) is 155 cm³/mol. The molecule has 3 aromatic rings. The number of pyridine rings is 1. The summed E-state index contributed by atoms with van der Waals surface area (Å²) in [6, 6.07) is 18.8. The molecule has 1 fully saturated rings. The number of aromatic nitrogens is 1. The molecule has 5 rings (SSSR count). The average Bonchev–Trinajstić information content (AvgIpc) is 2.85. The summed E-state index contributed by atoms with van der Waals surface area (Å²) >= 11 is 13.0.